The van der Waals surface area contributed by atoms with Crippen molar-refractivity contribution in [1.82, 2.24) is 20.1 Å². The summed E-state index contributed by atoms with van der Waals surface area (Å²) in [7, 11) is 0. The molecule has 2 rings (SSSR count). The van der Waals surface area contributed by atoms with E-state index in [1.165, 1.54) is 18.1 Å². The molecule has 1 amide bonds. The van der Waals surface area contributed by atoms with Gasteiger partial charge in [0.1, 0.15) is 11.6 Å². The number of aryl methyl sites for hydroxylation is 2. The highest BCUT2D eigenvalue weighted by molar-refractivity contribution is 5.73. The van der Waals surface area contributed by atoms with Gasteiger partial charge in [0.05, 0.1) is 12.6 Å². The third-order valence-electron chi connectivity index (χ3n) is 3.52. The summed E-state index contributed by atoms with van der Waals surface area (Å²) in [5.41, 5.74) is 2.40. The van der Waals surface area contributed by atoms with Crippen LogP contribution in [0.5, 0.6) is 0 Å². The maximum absolute atomic E-state index is 11.5. The van der Waals surface area contributed by atoms with Crippen molar-refractivity contribution < 1.29 is 4.79 Å². The lowest BCUT2D eigenvalue weighted by atomic mass is 10.0. The van der Waals surface area contributed by atoms with E-state index in [0.29, 0.717) is 6.54 Å². The standard InChI is InChI=1S/C17H24N4O/c1-11(2)16(19-14(5)22)17-18-13(4)20-21(17)10-15-8-6-7-12(3)9-15/h6-9,11,16H,10H2,1-5H3,(H,19,22)/t16-/m1/s1. The second-order valence-electron chi connectivity index (χ2n) is 6.09. The second kappa shape index (κ2) is 6.73. The van der Waals surface area contributed by atoms with Gasteiger partial charge < -0.3 is 5.32 Å². The fraction of sp³-hybridized carbons (Fsp3) is 0.471. The van der Waals surface area contributed by atoms with Crippen molar-refractivity contribution in [3.8, 4) is 0 Å². The average Bonchev–Trinajstić information content (AvgIpc) is 2.76. The van der Waals surface area contributed by atoms with Gasteiger partial charge in [0.2, 0.25) is 5.91 Å². The molecule has 0 spiro atoms. The highest BCUT2D eigenvalue weighted by atomic mass is 16.1. The highest BCUT2D eigenvalue weighted by Crippen LogP contribution is 2.21. The number of nitrogens with zero attached hydrogens (tertiary/aromatic N) is 3. The zero-order valence-electron chi connectivity index (χ0n) is 13.9. The van der Waals surface area contributed by atoms with Crippen LogP contribution < -0.4 is 5.32 Å². The fourth-order valence-corrected chi connectivity index (χ4v) is 2.55. The van der Waals surface area contributed by atoms with Gasteiger partial charge >= 0.3 is 0 Å². The number of carbonyl (C=O) groups is 1. The number of nitrogens with one attached hydrogen (secondary N) is 1. The first-order valence-electron chi connectivity index (χ1n) is 7.61. The van der Waals surface area contributed by atoms with E-state index in [1.54, 1.807) is 0 Å². The molecule has 0 radical (unpaired) electrons. The van der Waals surface area contributed by atoms with Gasteiger partial charge in [-0.15, -0.1) is 0 Å². The Labute approximate surface area is 131 Å². The van der Waals surface area contributed by atoms with Crippen LogP contribution in [0.1, 0.15) is 49.6 Å². The molecule has 22 heavy (non-hydrogen) atoms. The molecule has 1 heterocycles. The molecule has 0 saturated carbocycles. The molecule has 118 valence electrons. The Hall–Kier alpha value is -2.17. The lowest BCUT2D eigenvalue weighted by Gasteiger charge is -2.21. The van der Waals surface area contributed by atoms with E-state index >= 15 is 0 Å². The monoisotopic (exact) mass is 300 g/mol. The van der Waals surface area contributed by atoms with Gasteiger partial charge in [0.25, 0.3) is 0 Å². The molecule has 1 aromatic heterocycles. The fourth-order valence-electron chi connectivity index (χ4n) is 2.55. The summed E-state index contributed by atoms with van der Waals surface area (Å²) < 4.78 is 1.89. The van der Waals surface area contributed by atoms with Gasteiger partial charge in [-0.25, -0.2) is 9.67 Å². The molecule has 5 heteroatoms. The molecular weight excluding hydrogens is 276 g/mol. The van der Waals surface area contributed by atoms with E-state index in [0.717, 1.165) is 11.6 Å². The Morgan fingerprint density at radius 2 is 2.05 bits per heavy atom. The molecule has 0 aliphatic heterocycles. The first kappa shape index (κ1) is 16.2. The van der Waals surface area contributed by atoms with Crippen LogP contribution in [0, 0.1) is 19.8 Å². The van der Waals surface area contributed by atoms with Gasteiger partial charge in [-0.2, -0.15) is 5.10 Å². The van der Waals surface area contributed by atoms with Crippen LogP contribution >= 0.6 is 0 Å². The van der Waals surface area contributed by atoms with Crippen LogP contribution in [0.2, 0.25) is 0 Å². The molecule has 2 aromatic rings. The van der Waals surface area contributed by atoms with Crippen molar-refractivity contribution in [2.24, 2.45) is 5.92 Å². The SMILES string of the molecule is CC(=O)N[C@@H](c1nc(C)nn1Cc1cccc(C)c1)C(C)C. The van der Waals surface area contributed by atoms with E-state index in [1.807, 2.05) is 17.7 Å². The Morgan fingerprint density at radius 1 is 1.32 bits per heavy atom. The minimum absolute atomic E-state index is 0.0542. The quantitative estimate of drug-likeness (QED) is 0.923. The Bertz CT molecular complexity index is 660. The maximum Gasteiger partial charge on any atom is 0.217 e. The molecule has 0 unspecified atom stereocenters. The van der Waals surface area contributed by atoms with Crippen molar-refractivity contribution in [3.63, 3.8) is 0 Å². The largest absolute Gasteiger partial charge is 0.346 e. The minimum atomic E-state index is -0.136. The van der Waals surface area contributed by atoms with Crippen molar-refractivity contribution in [2.45, 2.75) is 47.2 Å². The lowest BCUT2D eigenvalue weighted by Crippen LogP contribution is -2.32. The molecule has 0 aliphatic rings. The smallest absolute Gasteiger partial charge is 0.217 e. The number of aromatic nitrogens is 3. The summed E-state index contributed by atoms with van der Waals surface area (Å²) in [6.45, 7) is 10.3. The summed E-state index contributed by atoms with van der Waals surface area (Å²) in [4.78, 5) is 16.0. The number of hydrogen-bond acceptors (Lipinski definition) is 3. The van der Waals surface area contributed by atoms with Gasteiger partial charge in [0.15, 0.2) is 0 Å². The number of benzene rings is 1. The molecule has 0 saturated heterocycles. The zero-order valence-corrected chi connectivity index (χ0v) is 13.9. The van der Waals surface area contributed by atoms with Crippen molar-refractivity contribution in [3.05, 3.63) is 47.0 Å². The summed E-state index contributed by atoms with van der Waals surface area (Å²) >= 11 is 0. The predicted octanol–water partition coefficient (Wildman–Crippen LogP) is 2.78. The van der Waals surface area contributed by atoms with E-state index in [4.69, 9.17) is 0 Å². The van der Waals surface area contributed by atoms with Gasteiger partial charge in [-0.3, -0.25) is 4.79 Å². The number of carbonyl (C=O) groups excluding carboxylic acids is 1. The molecule has 1 atom stereocenters. The van der Waals surface area contributed by atoms with Crippen LogP contribution in [-0.2, 0) is 11.3 Å². The maximum atomic E-state index is 11.5. The molecule has 0 aliphatic carbocycles. The molecule has 0 fully saturated rings. The first-order chi connectivity index (χ1) is 10.4. The first-order valence-corrected chi connectivity index (χ1v) is 7.61. The van der Waals surface area contributed by atoms with Crippen LogP contribution in [0.4, 0.5) is 0 Å². The van der Waals surface area contributed by atoms with E-state index < -0.39 is 0 Å². The Kier molecular flexibility index (Phi) is 4.96. The van der Waals surface area contributed by atoms with Gasteiger partial charge in [-0.1, -0.05) is 43.7 Å². The molecule has 0 bridgehead atoms. The molecular formula is C17H24N4O. The molecule has 1 N–H and O–H groups in total. The van der Waals surface area contributed by atoms with Crippen LogP contribution in [0.15, 0.2) is 24.3 Å². The normalized spacial score (nSPS) is 12.5. The number of rotatable bonds is 5. The summed E-state index contributed by atoms with van der Waals surface area (Å²) in [5.74, 6) is 1.72. The minimum Gasteiger partial charge on any atom is -0.346 e. The average molecular weight is 300 g/mol. The number of hydrogen-bond donors (Lipinski definition) is 1. The van der Waals surface area contributed by atoms with Crippen LogP contribution in [0.25, 0.3) is 0 Å². The third kappa shape index (κ3) is 3.93. The Morgan fingerprint density at radius 3 is 2.64 bits per heavy atom. The van der Waals surface area contributed by atoms with E-state index in [9.17, 15) is 4.79 Å². The van der Waals surface area contributed by atoms with Gasteiger partial charge in [0, 0.05) is 6.92 Å². The summed E-state index contributed by atoms with van der Waals surface area (Å²) in [5, 5.41) is 7.48. The third-order valence-corrected chi connectivity index (χ3v) is 3.52. The highest BCUT2D eigenvalue weighted by Gasteiger charge is 2.23. The van der Waals surface area contributed by atoms with E-state index in [-0.39, 0.29) is 17.9 Å². The van der Waals surface area contributed by atoms with E-state index in [2.05, 4.69) is 54.4 Å². The second-order valence-corrected chi connectivity index (χ2v) is 6.09. The predicted molar refractivity (Wildman–Crippen MR) is 86.4 cm³/mol. The van der Waals surface area contributed by atoms with Crippen molar-refractivity contribution >= 4 is 5.91 Å². The summed E-state index contributed by atoms with van der Waals surface area (Å²) in [6.07, 6.45) is 0. The topological polar surface area (TPSA) is 59.8 Å². The zero-order chi connectivity index (χ0) is 16.3. The van der Waals surface area contributed by atoms with Gasteiger partial charge in [-0.05, 0) is 25.3 Å². The lowest BCUT2D eigenvalue weighted by molar-refractivity contribution is -0.120. The molecule has 1 aromatic carbocycles. The Balaban J connectivity index is 2.34. The van der Waals surface area contributed by atoms with Crippen LogP contribution in [-0.4, -0.2) is 20.7 Å². The van der Waals surface area contributed by atoms with Crippen molar-refractivity contribution in [2.75, 3.05) is 0 Å². The van der Waals surface area contributed by atoms with Crippen molar-refractivity contribution in [1.29, 1.82) is 0 Å². The van der Waals surface area contributed by atoms with Crippen LogP contribution in [0.3, 0.4) is 0 Å². The number of amides is 1. The summed E-state index contributed by atoms with van der Waals surface area (Å²) in [6, 6.07) is 8.20. The molecule has 5 nitrogen and oxygen atoms in total.